The van der Waals surface area contributed by atoms with E-state index in [4.69, 9.17) is 23.2 Å². The van der Waals surface area contributed by atoms with E-state index in [-0.39, 0.29) is 0 Å². The molecule has 2 aromatic carbocycles. The second-order valence-electron chi connectivity index (χ2n) is 3.74. The molecule has 0 saturated heterocycles. The predicted octanol–water partition coefficient (Wildman–Crippen LogP) is 5.06. The molecule has 0 N–H and O–H groups in total. The van der Waals surface area contributed by atoms with Crippen LogP contribution in [0.1, 0.15) is 11.1 Å². The zero-order chi connectivity index (χ0) is 13.0. The summed E-state index contributed by atoms with van der Waals surface area (Å²) >= 11 is 11.8. The Balaban J connectivity index is 2.44. The summed E-state index contributed by atoms with van der Waals surface area (Å²) in [7, 11) is 0. The van der Waals surface area contributed by atoms with Crippen molar-refractivity contribution >= 4 is 34.9 Å². The number of hydrogen-bond donors (Lipinski definition) is 0. The number of benzene rings is 2. The van der Waals surface area contributed by atoms with Gasteiger partial charge >= 0.3 is 0 Å². The smallest absolute Gasteiger partial charge is 0.0998 e. The van der Waals surface area contributed by atoms with Crippen LogP contribution in [0, 0.1) is 11.3 Å². The lowest BCUT2D eigenvalue weighted by Gasteiger charge is -2.01. The van der Waals surface area contributed by atoms with E-state index in [0.29, 0.717) is 15.6 Å². The van der Waals surface area contributed by atoms with E-state index in [2.05, 4.69) is 6.07 Å². The van der Waals surface area contributed by atoms with E-state index < -0.39 is 0 Å². The van der Waals surface area contributed by atoms with Crippen LogP contribution in [0.3, 0.4) is 0 Å². The van der Waals surface area contributed by atoms with Gasteiger partial charge in [-0.1, -0.05) is 47.5 Å². The van der Waals surface area contributed by atoms with Crippen molar-refractivity contribution in [2.45, 2.75) is 0 Å². The van der Waals surface area contributed by atoms with Gasteiger partial charge in [0.15, 0.2) is 0 Å². The maximum Gasteiger partial charge on any atom is 0.0998 e. The van der Waals surface area contributed by atoms with Crippen molar-refractivity contribution in [1.82, 2.24) is 0 Å². The van der Waals surface area contributed by atoms with Gasteiger partial charge in [-0.05, 0) is 41.5 Å². The van der Waals surface area contributed by atoms with Crippen molar-refractivity contribution in [3.63, 3.8) is 0 Å². The number of hydrogen-bond acceptors (Lipinski definition) is 1. The van der Waals surface area contributed by atoms with Crippen molar-refractivity contribution in [2.24, 2.45) is 0 Å². The highest BCUT2D eigenvalue weighted by Gasteiger charge is 2.02. The van der Waals surface area contributed by atoms with Crippen molar-refractivity contribution in [2.75, 3.05) is 0 Å². The second-order valence-corrected chi connectivity index (χ2v) is 4.61. The molecule has 0 bridgehead atoms. The normalized spacial score (nSPS) is 11.1. The van der Waals surface area contributed by atoms with Gasteiger partial charge < -0.3 is 0 Å². The Morgan fingerprint density at radius 3 is 2.28 bits per heavy atom. The summed E-state index contributed by atoms with van der Waals surface area (Å²) in [5, 5.41) is 10.5. The van der Waals surface area contributed by atoms with Crippen molar-refractivity contribution in [3.8, 4) is 6.07 Å². The standard InChI is InChI=1S/C15H9Cl2N/c16-14-5-1-3-11(8-14)7-13(10-18)12-4-2-6-15(17)9-12/h1-9H. The Hall–Kier alpha value is -1.75. The van der Waals surface area contributed by atoms with E-state index in [1.807, 2.05) is 30.3 Å². The summed E-state index contributed by atoms with van der Waals surface area (Å²) in [6.45, 7) is 0. The van der Waals surface area contributed by atoms with Crippen LogP contribution in [0.25, 0.3) is 11.6 Å². The molecule has 88 valence electrons. The molecule has 0 saturated carbocycles. The molecular formula is C15H9Cl2N. The van der Waals surface area contributed by atoms with E-state index in [0.717, 1.165) is 11.1 Å². The van der Waals surface area contributed by atoms with Gasteiger partial charge in [0.2, 0.25) is 0 Å². The lowest BCUT2D eigenvalue weighted by atomic mass is 10.0. The molecule has 0 spiro atoms. The minimum absolute atomic E-state index is 0.555. The van der Waals surface area contributed by atoms with Crippen LogP contribution < -0.4 is 0 Å². The molecule has 0 aromatic heterocycles. The molecule has 1 nitrogen and oxygen atoms in total. The second kappa shape index (κ2) is 5.73. The highest BCUT2D eigenvalue weighted by atomic mass is 35.5. The number of allylic oxidation sites excluding steroid dienone is 1. The molecular weight excluding hydrogens is 265 g/mol. The minimum atomic E-state index is 0.555. The monoisotopic (exact) mass is 273 g/mol. The summed E-state index contributed by atoms with van der Waals surface area (Å²) in [6.07, 6.45) is 1.79. The van der Waals surface area contributed by atoms with Crippen LogP contribution in [0.15, 0.2) is 48.5 Å². The van der Waals surface area contributed by atoms with Gasteiger partial charge in [0.05, 0.1) is 11.6 Å². The highest BCUT2D eigenvalue weighted by molar-refractivity contribution is 6.31. The Kier molecular flexibility index (Phi) is 4.04. The Bertz CT molecular complexity index is 639. The molecule has 0 radical (unpaired) electrons. The van der Waals surface area contributed by atoms with E-state index >= 15 is 0 Å². The maximum absolute atomic E-state index is 9.21. The van der Waals surface area contributed by atoms with Crippen LogP contribution in [0.4, 0.5) is 0 Å². The number of halogens is 2. The van der Waals surface area contributed by atoms with Crippen LogP contribution in [-0.2, 0) is 0 Å². The number of nitrogens with zero attached hydrogens (tertiary/aromatic N) is 1. The van der Waals surface area contributed by atoms with E-state index in [1.54, 1.807) is 24.3 Å². The third-order valence-corrected chi connectivity index (χ3v) is 2.89. The highest BCUT2D eigenvalue weighted by Crippen LogP contribution is 2.22. The number of nitriles is 1. The van der Waals surface area contributed by atoms with Gasteiger partial charge in [-0.25, -0.2) is 0 Å². The lowest BCUT2D eigenvalue weighted by Crippen LogP contribution is -1.82. The van der Waals surface area contributed by atoms with Gasteiger partial charge in [0.1, 0.15) is 0 Å². The van der Waals surface area contributed by atoms with Crippen LogP contribution in [0.2, 0.25) is 10.0 Å². The third kappa shape index (κ3) is 3.13. The van der Waals surface area contributed by atoms with Crippen LogP contribution >= 0.6 is 23.2 Å². The van der Waals surface area contributed by atoms with Gasteiger partial charge in [-0.3, -0.25) is 0 Å². The molecule has 0 aliphatic carbocycles. The zero-order valence-electron chi connectivity index (χ0n) is 9.40. The van der Waals surface area contributed by atoms with Gasteiger partial charge in [-0.2, -0.15) is 5.26 Å². The average molecular weight is 274 g/mol. The summed E-state index contributed by atoms with van der Waals surface area (Å²) < 4.78 is 0. The Morgan fingerprint density at radius 2 is 1.67 bits per heavy atom. The fourth-order valence-electron chi connectivity index (χ4n) is 1.60. The fourth-order valence-corrected chi connectivity index (χ4v) is 1.99. The number of rotatable bonds is 2. The third-order valence-electron chi connectivity index (χ3n) is 2.42. The van der Waals surface area contributed by atoms with Crippen LogP contribution in [0.5, 0.6) is 0 Å². The van der Waals surface area contributed by atoms with Crippen molar-refractivity contribution < 1.29 is 0 Å². The largest absolute Gasteiger partial charge is 0.192 e. The quantitative estimate of drug-likeness (QED) is 0.554. The first-order valence-electron chi connectivity index (χ1n) is 5.32. The summed E-state index contributed by atoms with van der Waals surface area (Å²) in [5.41, 5.74) is 2.24. The molecule has 3 heteroatoms. The Labute approximate surface area is 116 Å². The first-order chi connectivity index (χ1) is 8.69. The fraction of sp³-hybridized carbons (Fsp3) is 0. The van der Waals surface area contributed by atoms with Crippen LogP contribution in [-0.4, -0.2) is 0 Å². The zero-order valence-corrected chi connectivity index (χ0v) is 10.9. The molecule has 0 heterocycles. The average Bonchev–Trinajstić information content (AvgIpc) is 2.36. The molecule has 2 rings (SSSR count). The SMILES string of the molecule is N#CC(=Cc1cccc(Cl)c1)c1cccc(Cl)c1. The molecule has 0 fully saturated rings. The van der Waals surface area contributed by atoms with Gasteiger partial charge in [0, 0.05) is 10.0 Å². The maximum atomic E-state index is 9.21. The molecule has 0 aliphatic heterocycles. The lowest BCUT2D eigenvalue weighted by molar-refractivity contribution is 1.52. The van der Waals surface area contributed by atoms with E-state index in [1.165, 1.54) is 0 Å². The molecule has 0 atom stereocenters. The summed E-state index contributed by atoms with van der Waals surface area (Å²) in [4.78, 5) is 0. The minimum Gasteiger partial charge on any atom is -0.192 e. The molecule has 0 amide bonds. The molecule has 2 aromatic rings. The van der Waals surface area contributed by atoms with Gasteiger partial charge in [-0.15, -0.1) is 0 Å². The first-order valence-corrected chi connectivity index (χ1v) is 6.08. The summed E-state index contributed by atoms with van der Waals surface area (Å²) in [5.74, 6) is 0. The predicted molar refractivity (Wildman–Crippen MR) is 76.4 cm³/mol. The summed E-state index contributed by atoms with van der Waals surface area (Å²) in [6, 6.07) is 16.7. The molecule has 0 aliphatic rings. The topological polar surface area (TPSA) is 23.8 Å². The van der Waals surface area contributed by atoms with Gasteiger partial charge in [0.25, 0.3) is 0 Å². The van der Waals surface area contributed by atoms with E-state index in [9.17, 15) is 5.26 Å². The van der Waals surface area contributed by atoms with Crippen molar-refractivity contribution in [3.05, 3.63) is 69.7 Å². The first kappa shape index (κ1) is 12.7. The Morgan fingerprint density at radius 1 is 1.00 bits per heavy atom. The van der Waals surface area contributed by atoms with Crippen molar-refractivity contribution in [1.29, 1.82) is 5.26 Å². The molecule has 18 heavy (non-hydrogen) atoms. The molecule has 0 unspecified atom stereocenters.